The molecule has 0 heteroatoms. The van der Waals surface area contributed by atoms with E-state index in [1.807, 2.05) is 0 Å². The Labute approximate surface area is 114 Å². The maximum Gasteiger partial charge on any atom is -0.00754 e. The molecule has 0 aliphatic carbocycles. The van der Waals surface area contributed by atoms with Crippen molar-refractivity contribution < 1.29 is 0 Å². The molecule has 0 radical (unpaired) electrons. The van der Waals surface area contributed by atoms with Gasteiger partial charge in [-0.25, -0.2) is 0 Å². The van der Waals surface area contributed by atoms with Crippen molar-refractivity contribution in [3.05, 3.63) is 35.9 Å². The number of rotatable bonds is 8. The fraction of sp³-hybridized carbons (Fsp3) is 0.667. The van der Waals surface area contributed by atoms with Gasteiger partial charge in [0.05, 0.1) is 0 Å². The van der Waals surface area contributed by atoms with E-state index < -0.39 is 0 Å². The number of benzene rings is 1. The summed E-state index contributed by atoms with van der Waals surface area (Å²) in [4.78, 5) is 0. The van der Waals surface area contributed by atoms with Crippen LogP contribution in [-0.4, -0.2) is 0 Å². The van der Waals surface area contributed by atoms with Crippen LogP contribution in [0.5, 0.6) is 0 Å². The van der Waals surface area contributed by atoms with Crippen molar-refractivity contribution in [2.45, 2.75) is 71.6 Å². The quantitative estimate of drug-likeness (QED) is 0.496. The molecule has 0 bridgehead atoms. The molecule has 1 aromatic rings. The first-order chi connectivity index (χ1) is 8.62. The number of hydrogen-bond acceptors (Lipinski definition) is 0. The molecule has 0 nitrogen and oxygen atoms in total. The molecule has 0 saturated heterocycles. The minimum absolute atomic E-state index is 0.308. The van der Waals surface area contributed by atoms with Crippen molar-refractivity contribution in [3.8, 4) is 0 Å². The third-order valence-corrected chi connectivity index (χ3v) is 4.44. The summed E-state index contributed by atoms with van der Waals surface area (Å²) in [5, 5.41) is 0. The Morgan fingerprint density at radius 2 is 1.61 bits per heavy atom. The lowest BCUT2D eigenvalue weighted by Crippen LogP contribution is -2.28. The van der Waals surface area contributed by atoms with Crippen molar-refractivity contribution in [2.75, 3.05) is 0 Å². The molecule has 1 unspecified atom stereocenters. The molecule has 0 N–H and O–H groups in total. The lowest BCUT2D eigenvalue weighted by Gasteiger charge is -2.34. The minimum Gasteiger partial charge on any atom is -0.0654 e. The Kier molecular flexibility index (Phi) is 6.46. The van der Waals surface area contributed by atoms with E-state index in [-0.39, 0.29) is 0 Å². The van der Waals surface area contributed by atoms with Gasteiger partial charge in [0.15, 0.2) is 0 Å². The van der Waals surface area contributed by atoms with Gasteiger partial charge in [0, 0.05) is 0 Å². The van der Waals surface area contributed by atoms with Gasteiger partial charge in [0.2, 0.25) is 0 Å². The van der Waals surface area contributed by atoms with E-state index in [1.165, 1.54) is 44.1 Å². The monoisotopic (exact) mass is 246 g/mol. The van der Waals surface area contributed by atoms with E-state index >= 15 is 0 Å². The standard InChI is InChI=1S/C18H30/c1-5-7-8-10-13-16(6-2)18(3,4)17-14-11-9-12-15-17/h9,11-12,14-16H,5-8,10,13H2,1-4H3. The Bertz CT molecular complexity index is 310. The van der Waals surface area contributed by atoms with Crippen LogP contribution >= 0.6 is 0 Å². The summed E-state index contributed by atoms with van der Waals surface area (Å²) in [6, 6.07) is 11.0. The van der Waals surface area contributed by atoms with Crippen LogP contribution in [0.1, 0.15) is 71.8 Å². The SMILES string of the molecule is CCCCCCC(CC)C(C)(C)c1ccccc1. The maximum absolute atomic E-state index is 2.41. The largest absolute Gasteiger partial charge is 0.0654 e. The Balaban J connectivity index is 2.62. The van der Waals surface area contributed by atoms with E-state index in [1.54, 1.807) is 0 Å². The highest BCUT2D eigenvalue weighted by Gasteiger charge is 2.29. The van der Waals surface area contributed by atoms with Crippen LogP contribution in [-0.2, 0) is 5.41 Å². The second kappa shape index (κ2) is 7.61. The molecule has 0 aliphatic rings. The molecule has 1 rings (SSSR count). The van der Waals surface area contributed by atoms with E-state index in [0.29, 0.717) is 5.41 Å². The Morgan fingerprint density at radius 1 is 0.944 bits per heavy atom. The average molecular weight is 246 g/mol. The first-order valence-electron chi connectivity index (χ1n) is 7.68. The highest BCUT2D eigenvalue weighted by molar-refractivity contribution is 5.24. The second-order valence-electron chi connectivity index (χ2n) is 6.04. The first kappa shape index (κ1) is 15.3. The lowest BCUT2D eigenvalue weighted by atomic mass is 9.70. The van der Waals surface area contributed by atoms with Crippen LogP contribution in [0.3, 0.4) is 0 Å². The summed E-state index contributed by atoms with van der Waals surface area (Å²) in [7, 11) is 0. The second-order valence-corrected chi connectivity index (χ2v) is 6.04. The molecular weight excluding hydrogens is 216 g/mol. The summed E-state index contributed by atoms with van der Waals surface area (Å²) in [5.41, 5.74) is 1.80. The normalized spacial score (nSPS) is 13.6. The van der Waals surface area contributed by atoms with Gasteiger partial charge < -0.3 is 0 Å². The lowest BCUT2D eigenvalue weighted by molar-refractivity contribution is 0.280. The van der Waals surface area contributed by atoms with Crippen LogP contribution in [0, 0.1) is 5.92 Å². The summed E-state index contributed by atoms with van der Waals surface area (Å²) in [6.45, 7) is 9.45. The van der Waals surface area contributed by atoms with E-state index in [0.717, 1.165) is 5.92 Å². The van der Waals surface area contributed by atoms with Gasteiger partial charge in [0.1, 0.15) is 0 Å². The zero-order chi connectivity index (χ0) is 13.4. The molecule has 0 aromatic heterocycles. The first-order valence-corrected chi connectivity index (χ1v) is 7.68. The maximum atomic E-state index is 2.41. The predicted octanol–water partition coefficient (Wildman–Crippen LogP) is 5.96. The zero-order valence-corrected chi connectivity index (χ0v) is 12.7. The molecular formula is C18H30. The number of hydrogen-bond donors (Lipinski definition) is 0. The average Bonchev–Trinajstić information content (AvgIpc) is 2.39. The Morgan fingerprint density at radius 3 is 2.17 bits per heavy atom. The van der Waals surface area contributed by atoms with Crippen LogP contribution < -0.4 is 0 Å². The zero-order valence-electron chi connectivity index (χ0n) is 12.7. The molecule has 18 heavy (non-hydrogen) atoms. The topological polar surface area (TPSA) is 0 Å². The molecule has 102 valence electrons. The summed E-state index contributed by atoms with van der Waals surface area (Å²) in [6.07, 6.45) is 8.17. The molecule has 0 saturated carbocycles. The van der Waals surface area contributed by atoms with Crippen molar-refractivity contribution >= 4 is 0 Å². The van der Waals surface area contributed by atoms with E-state index in [2.05, 4.69) is 58.0 Å². The highest BCUT2D eigenvalue weighted by Crippen LogP contribution is 2.36. The third-order valence-electron chi connectivity index (χ3n) is 4.44. The minimum atomic E-state index is 0.308. The predicted molar refractivity (Wildman–Crippen MR) is 82.0 cm³/mol. The number of unbranched alkanes of at least 4 members (excludes halogenated alkanes) is 3. The Hall–Kier alpha value is -0.780. The van der Waals surface area contributed by atoms with Crippen molar-refractivity contribution in [2.24, 2.45) is 5.92 Å². The summed E-state index contributed by atoms with van der Waals surface area (Å²) in [5.74, 6) is 0.803. The van der Waals surface area contributed by atoms with Crippen LogP contribution in [0.2, 0.25) is 0 Å². The van der Waals surface area contributed by atoms with Gasteiger partial charge in [-0.3, -0.25) is 0 Å². The molecule has 0 aliphatic heterocycles. The van der Waals surface area contributed by atoms with Gasteiger partial charge in [-0.2, -0.15) is 0 Å². The summed E-state index contributed by atoms with van der Waals surface area (Å²) >= 11 is 0. The molecule has 0 fully saturated rings. The van der Waals surface area contributed by atoms with Crippen LogP contribution in [0.25, 0.3) is 0 Å². The van der Waals surface area contributed by atoms with Crippen molar-refractivity contribution in [1.82, 2.24) is 0 Å². The third kappa shape index (κ3) is 4.15. The van der Waals surface area contributed by atoms with Gasteiger partial charge in [-0.1, -0.05) is 90.1 Å². The van der Waals surface area contributed by atoms with Gasteiger partial charge in [0.25, 0.3) is 0 Å². The summed E-state index contributed by atoms with van der Waals surface area (Å²) < 4.78 is 0. The van der Waals surface area contributed by atoms with Crippen LogP contribution in [0.15, 0.2) is 30.3 Å². The molecule has 0 amide bonds. The van der Waals surface area contributed by atoms with E-state index in [4.69, 9.17) is 0 Å². The molecule has 0 spiro atoms. The van der Waals surface area contributed by atoms with Gasteiger partial charge in [-0.05, 0) is 23.3 Å². The van der Waals surface area contributed by atoms with Crippen molar-refractivity contribution in [1.29, 1.82) is 0 Å². The fourth-order valence-electron chi connectivity index (χ4n) is 3.00. The van der Waals surface area contributed by atoms with E-state index in [9.17, 15) is 0 Å². The smallest absolute Gasteiger partial charge is 0.00754 e. The molecule has 1 aromatic carbocycles. The van der Waals surface area contributed by atoms with Crippen molar-refractivity contribution in [3.63, 3.8) is 0 Å². The molecule has 1 atom stereocenters. The highest BCUT2D eigenvalue weighted by atomic mass is 14.3. The molecule has 0 heterocycles. The van der Waals surface area contributed by atoms with Crippen LogP contribution in [0.4, 0.5) is 0 Å². The van der Waals surface area contributed by atoms with Gasteiger partial charge >= 0.3 is 0 Å². The van der Waals surface area contributed by atoms with Gasteiger partial charge in [-0.15, -0.1) is 0 Å². The fourth-order valence-corrected chi connectivity index (χ4v) is 3.00.